The number of hydrogen-bond acceptors (Lipinski definition) is 0. The van der Waals surface area contributed by atoms with E-state index in [4.69, 9.17) is 0 Å². The highest BCUT2D eigenvalue weighted by Gasteiger charge is 2.30. The van der Waals surface area contributed by atoms with Crippen LogP contribution in [0.2, 0.25) is 0 Å². The van der Waals surface area contributed by atoms with E-state index in [9.17, 15) is 0 Å². The molecule has 0 aliphatic heterocycles. The minimum atomic E-state index is 0.931. The van der Waals surface area contributed by atoms with E-state index >= 15 is 0 Å². The number of allylic oxidation sites excluding steroid dienone is 2. The molecule has 0 saturated heterocycles. The van der Waals surface area contributed by atoms with Gasteiger partial charge in [0.1, 0.15) is 0 Å². The summed E-state index contributed by atoms with van der Waals surface area (Å²) < 4.78 is 0. The largest absolute Gasteiger partial charge is 0.0876 e. The quantitative estimate of drug-likeness (QED) is 0.547. The van der Waals surface area contributed by atoms with Crippen LogP contribution in [0.25, 0.3) is 0 Å². The zero-order chi connectivity index (χ0) is 8.55. The van der Waals surface area contributed by atoms with Gasteiger partial charge in [-0.25, -0.2) is 0 Å². The molecule has 2 aliphatic carbocycles. The highest BCUT2D eigenvalue weighted by atomic mass is 14.4. The SMILES string of the molecule is CC1CCC(C(C)C2C=CC2)C1. The Labute approximate surface area is 76.1 Å². The van der Waals surface area contributed by atoms with Gasteiger partial charge in [0.05, 0.1) is 0 Å². The average molecular weight is 164 g/mol. The second-order valence-electron chi connectivity index (χ2n) is 4.87. The molecule has 0 aromatic rings. The molecule has 0 heteroatoms. The molecule has 0 nitrogen and oxygen atoms in total. The van der Waals surface area contributed by atoms with E-state index in [1.165, 1.54) is 25.7 Å². The molecular weight excluding hydrogens is 144 g/mol. The van der Waals surface area contributed by atoms with Crippen molar-refractivity contribution in [1.82, 2.24) is 0 Å². The third-order valence-electron chi connectivity index (χ3n) is 3.95. The van der Waals surface area contributed by atoms with Gasteiger partial charge in [-0.3, -0.25) is 0 Å². The van der Waals surface area contributed by atoms with Crippen molar-refractivity contribution in [2.24, 2.45) is 23.7 Å². The van der Waals surface area contributed by atoms with E-state index < -0.39 is 0 Å². The molecule has 0 N–H and O–H groups in total. The fraction of sp³-hybridized carbons (Fsp3) is 0.833. The topological polar surface area (TPSA) is 0 Å². The first-order valence-electron chi connectivity index (χ1n) is 5.44. The Kier molecular flexibility index (Phi) is 2.25. The van der Waals surface area contributed by atoms with Gasteiger partial charge in [0.15, 0.2) is 0 Å². The first-order valence-corrected chi connectivity index (χ1v) is 5.44. The Bertz CT molecular complexity index is 180. The molecule has 2 rings (SSSR count). The van der Waals surface area contributed by atoms with Crippen molar-refractivity contribution < 1.29 is 0 Å². The van der Waals surface area contributed by atoms with Crippen LogP contribution in [0.5, 0.6) is 0 Å². The molecule has 0 heterocycles. The Balaban J connectivity index is 1.87. The molecule has 68 valence electrons. The molecule has 2 aliphatic rings. The third kappa shape index (κ3) is 1.44. The lowest BCUT2D eigenvalue weighted by Crippen LogP contribution is -2.20. The van der Waals surface area contributed by atoms with E-state index in [1.54, 1.807) is 0 Å². The van der Waals surface area contributed by atoms with Gasteiger partial charge in [-0.05, 0) is 42.9 Å². The Morgan fingerprint density at radius 3 is 2.50 bits per heavy atom. The molecule has 0 spiro atoms. The summed E-state index contributed by atoms with van der Waals surface area (Å²) in [6, 6.07) is 0. The van der Waals surface area contributed by atoms with E-state index in [2.05, 4.69) is 26.0 Å². The highest BCUT2D eigenvalue weighted by Crippen LogP contribution is 2.41. The van der Waals surface area contributed by atoms with Crippen LogP contribution in [0.15, 0.2) is 12.2 Å². The van der Waals surface area contributed by atoms with Crippen LogP contribution >= 0.6 is 0 Å². The number of rotatable bonds is 2. The van der Waals surface area contributed by atoms with Crippen molar-refractivity contribution in [3.05, 3.63) is 12.2 Å². The summed E-state index contributed by atoms with van der Waals surface area (Å²) in [4.78, 5) is 0. The standard InChI is InChI=1S/C12H20/c1-9-6-7-12(8-9)10(2)11-4-3-5-11/h3-4,9-12H,5-8H2,1-2H3. The maximum atomic E-state index is 2.46. The molecule has 1 fully saturated rings. The molecule has 4 unspecified atom stereocenters. The van der Waals surface area contributed by atoms with Crippen LogP contribution in [-0.4, -0.2) is 0 Å². The fourth-order valence-electron chi connectivity index (χ4n) is 2.76. The second-order valence-corrected chi connectivity index (χ2v) is 4.87. The Morgan fingerprint density at radius 2 is 2.08 bits per heavy atom. The van der Waals surface area contributed by atoms with Crippen molar-refractivity contribution in [3.63, 3.8) is 0 Å². The van der Waals surface area contributed by atoms with Crippen molar-refractivity contribution in [3.8, 4) is 0 Å². The monoisotopic (exact) mass is 164 g/mol. The van der Waals surface area contributed by atoms with Gasteiger partial charge < -0.3 is 0 Å². The molecule has 0 radical (unpaired) electrons. The zero-order valence-electron chi connectivity index (χ0n) is 8.29. The van der Waals surface area contributed by atoms with Crippen molar-refractivity contribution >= 4 is 0 Å². The van der Waals surface area contributed by atoms with Gasteiger partial charge in [-0.15, -0.1) is 0 Å². The normalized spacial score (nSPS) is 42.7. The smallest absolute Gasteiger partial charge is 0.0171 e. The van der Waals surface area contributed by atoms with Crippen LogP contribution in [0, 0.1) is 23.7 Å². The van der Waals surface area contributed by atoms with Gasteiger partial charge in [-0.1, -0.05) is 32.4 Å². The predicted octanol–water partition coefficient (Wildman–Crippen LogP) is 3.63. The lowest BCUT2D eigenvalue weighted by Gasteiger charge is -2.30. The summed E-state index contributed by atoms with van der Waals surface area (Å²) in [6.45, 7) is 4.86. The average Bonchev–Trinajstić information content (AvgIpc) is 2.31. The van der Waals surface area contributed by atoms with Crippen LogP contribution < -0.4 is 0 Å². The lowest BCUT2D eigenvalue weighted by molar-refractivity contribution is 0.271. The van der Waals surface area contributed by atoms with E-state index in [-0.39, 0.29) is 0 Å². The third-order valence-corrected chi connectivity index (χ3v) is 3.95. The van der Waals surface area contributed by atoms with Crippen LogP contribution in [0.4, 0.5) is 0 Å². The summed E-state index contributed by atoms with van der Waals surface area (Å²) in [5, 5.41) is 0. The minimum absolute atomic E-state index is 0.931. The molecule has 0 amide bonds. The summed E-state index contributed by atoms with van der Waals surface area (Å²) in [7, 11) is 0. The molecule has 12 heavy (non-hydrogen) atoms. The van der Waals surface area contributed by atoms with Crippen molar-refractivity contribution in [1.29, 1.82) is 0 Å². The molecule has 0 aromatic heterocycles. The zero-order valence-corrected chi connectivity index (χ0v) is 8.29. The van der Waals surface area contributed by atoms with E-state index in [0.29, 0.717) is 0 Å². The van der Waals surface area contributed by atoms with Crippen LogP contribution in [0.1, 0.15) is 39.5 Å². The summed E-state index contributed by atoms with van der Waals surface area (Å²) in [6.07, 6.45) is 10.5. The predicted molar refractivity (Wildman–Crippen MR) is 52.9 cm³/mol. The first kappa shape index (κ1) is 8.34. The lowest BCUT2D eigenvalue weighted by atomic mass is 9.76. The second kappa shape index (κ2) is 3.24. The molecule has 4 atom stereocenters. The minimum Gasteiger partial charge on any atom is -0.0876 e. The Morgan fingerprint density at radius 1 is 1.33 bits per heavy atom. The van der Waals surface area contributed by atoms with Crippen molar-refractivity contribution in [2.45, 2.75) is 39.5 Å². The van der Waals surface area contributed by atoms with Gasteiger partial charge in [0.25, 0.3) is 0 Å². The molecule has 1 saturated carbocycles. The fourth-order valence-corrected chi connectivity index (χ4v) is 2.76. The summed E-state index contributed by atoms with van der Waals surface area (Å²) in [5.74, 6) is 3.93. The van der Waals surface area contributed by atoms with Gasteiger partial charge >= 0.3 is 0 Å². The maximum Gasteiger partial charge on any atom is -0.0171 e. The van der Waals surface area contributed by atoms with Gasteiger partial charge in [0, 0.05) is 0 Å². The summed E-state index contributed by atoms with van der Waals surface area (Å²) >= 11 is 0. The van der Waals surface area contributed by atoms with Crippen LogP contribution in [-0.2, 0) is 0 Å². The van der Waals surface area contributed by atoms with Gasteiger partial charge in [-0.2, -0.15) is 0 Å². The number of hydrogen-bond donors (Lipinski definition) is 0. The van der Waals surface area contributed by atoms with Crippen LogP contribution in [0.3, 0.4) is 0 Å². The molecule has 0 bridgehead atoms. The summed E-state index contributed by atoms with van der Waals surface area (Å²) in [5.41, 5.74) is 0. The first-order chi connectivity index (χ1) is 5.77. The molecule has 0 aromatic carbocycles. The van der Waals surface area contributed by atoms with E-state index in [1.807, 2.05) is 0 Å². The highest BCUT2D eigenvalue weighted by molar-refractivity contribution is 5.05. The Hall–Kier alpha value is -0.260. The van der Waals surface area contributed by atoms with Gasteiger partial charge in [0.2, 0.25) is 0 Å². The van der Waals surface area contributed by atoms with Crippen molar-refractivity contribution in [2.75, 3.05) is 0 Å². The maximum absolute atomic E-state index is 2.46. The van der Waals surface area contributed by atoms with E-state index in [0.717, 1.165) is 23.7 Å². The molecular formula is C12H20.